The van der Waals surface area contributed by atoms with E-state index in [2.05, 4.69) is 6.92 Å². The van der Waals surface area contributed by atoms with Crippen LogP contribution in [0.1, 0.15) is 19.8 Å². The highest BCUT2D eigenvalue weighted by molar-refractivity contribution is 5.96. The summed E-state index contributed by atoms with van der Waals surface area (Å²) in [6.07, 6.45) is 1.87. The van der Waals surface area contributed by atoms with E-state index in [1.165, 1.54) is 17.0 Å². The molecular weight excluding hydrogens is 272 g/mol. The van der Waals surface area contributed by atoms with Crippen molar-refractivity contribution in [2.24, 2.45) is 5.92 Å². The zero-order valence-electron chi connectivity index (χ0n) is 12.0. The van der Waals surface area contributed by atoms with Crippen molar-refractivity contribution >= 4 is 17.7 Å². The number of hydrogen-bond donors (Lipinski definition) is 2. The van der Waals surface area contributed by atoms with Crippen LogP contribution in [0.25, 0.3) is 0 Å². The minimum atomic E-state index is -1.07. The quantitative estimate of drug-likeness (QED) is 0.894. The van der Waals surface area contributed by atoms with Crippen molar-refractivity contribution in [3.05, 3.63) is 24.3 Å². The van der Waals surface area contributed by atoms with E-state index in [0.29, 0.717) is 24.7 Å². The molecule has 1 aromatic carbocycles. The van der Waals surface area contributed by atoms with Crippen molar-refractivity contribution in [1.29, 1.82) is 0 Å². The molecule has 0 radical (unpaired) electrons. The third-order valence-electron chi connectivity index (χ3n) is 3.74. The van der Waals surface area contributed by atoms with E-state index < -0.39 is 12.5 Å². The highest BCUT2D eigenvalue weighted by Gasteiger charge is 2.27. The van der Waals surface area contributed by atoms with Gasteiger partial charge in [0.25, 0.3) is 0 Å². The number of likely N-dealkylation sites (tertiary alicyclic amines) is 1. The fourth-order valence-electron chi connectivity index (χ4n) is 2.41. The second-order valence-corrected chi connectivity index (χ2v) is 5.45. The Morgan fingerprint density at radius 1 is 1.24 bits per heavy atom. The predicted octanol–water partition coefficient (Wildman–Crippen LogP) is 2.14. The molecule has 2 amide bonds. The summed E-state index contributed by atoms with van der Waals surface area (Å²) in [5, 5.41) is 18.3. The fourth-order valence-corrected chi connectivity index (χ4v) is 2.41. The van der Waals surface area contributed by atoms with E-state index in [-0.39, 0.29) is 11.8 Å². The molecular formula is C15H20N2O4. The number of phenolic OH excluding ortho intramolecular Hbond substituents is 1. The number of rotatable bonds is 3. The Hall–Kier alpha value is -2.24. The van der Waals surface area contributed by atoms with Crippen molar-refractivity contribution in [2.45, 2.75) is 19.8 Å². The third kappa shape index (κ3) is 3.87. The topological polar surface area (TPSA) is 81.1 Å². The Labute approximate surface area is 123 Å². The fraction of sp³-hybridized carbons (Fsp3) is 0.467. The number of carboxylic acid groups (broad SMARTS) is 1. The number of phenols is 1. The van der Waals surface area contributed by atoms with Crippen LogP contribution in [-0.2, 0) is 4.79 Å². The summed E-state index contributed by atoms with van der Waals surface area (Å²) < 4.78 is 0. The maximum Gasteiger partial charge on any atom is 0.325 e. The van der Waals surface area contributed by atoms with Crippen LogP contribution in [0.3, 0.4) is 0 Å². The molecule has 0 unspecified atom stereocenters. The van der Waals surface area contributed by atoms with Crippen molar-refractivity contribution in [1.82, 2.24) is 4.90 Å². The maximum atomic E-state index is 12.6. The van der Waals surface area contributed by atoms with Gasteiger partial charge in [0.1, 0.15) is 12.3 Å². The molecule has 1 aliphatic heterocycles. The van der Waals surface area contributed by atoms with Gasteiger partial charge >= 0.3 is 12.0 Å². The molecule has 0 aliphatic carbocycles. The van der Waals surface area contributed by atoms with Crippen LogP contribution in [0.15, 0.2) is 24.3 Å². The van der Waals surface area contributed by atoms with Crippen LogP contribution >= 0.6 is 0 Å². The summed E-state index contributed by atoms with van der Waals surface area (Å²) in [6.45, 7) is 3.05. The van der Waals surface area contributed by atoms with Gasteiger partial charge in [0, 0.05) is 18.8 Å². The van der Waals surface area contributed by atoms with E-state index in [9.17, 15) is 14.7 Å². The van der Waals surface area contributed by atoms with Gasteiger partial charge in [0.15, 0.2) is 0 Å². The molecule has 6 nitrogen and oxygen atoms in total. The predicted molar refractivity (Wildman–Crippen MR) is 78.5 cm³/mol. The number of benzene rings is 1. The number of carbonyl (C=O) groups excluding carboxylic acids is 1. The summed E-state index contributed by atoms with van der Waals surface area (Å²) in [5.74, 6) is -0.397. The third-order valence-corrected chi connectivity index (χ3v) is 3.74. The summed E-state index contributed by atoms with van der Waals surface area (Å²) >= 11 is 0. The lowest BCUT2D eigenvalue weighted by Gasteiger charge is -2.34. The molecule has 0 aromatic heterocycles. The maximum absolute atomic E-state index is 12.6. The van der Waals surface area contributed by atoms with E-state index in [1.807, 2.05) is 0 Å². The summed E-state index contributed by atoms with van der Waals surface area (Å²) in [5.41, 5.74) is 0.471. The van der Waals surface area contributed by atoms with E-state index in [0.717, 1.165) is 12.8 Å². The number of amides is 2. The van der Waals surface area contributed by atoms with Crippen LogP contribution < -0.4 is 4.90 Å². The van der Waals surface area contributed by atoms with Crippen LogP contribution in [0.5, 0.6) is 5.75 Å². The normalized spacial score (nSPS) is 15.8. The summed E-state index contributed by atoms with van der Waals surface area (Å²) in [6, 6.07) is 5.67. The van der Waals surface area contributed by atoms with Crippen LogP contribution in [0.4, 0.5) is 10.5 Å². The number of carboxylic acids is 1. The number of aromatic hydroxyl groups is 1. The molecule has 1 saturated heterocycles. The van der Waals surface area contributed by atoms with Gasteiger partial charge in [-0.3, -0.25) is 9.69 Å². The van der Waals surface area contributed by atoms with Gasteiger partial charge in [-0.05, 0) is 43.0 Å². The van der Waals surface area contributed by atoms with Gasteiger partial charge in [-0.2, -0.15) is 0 Å². The number of anilines is 1. The first-order valence-electron chi connectivity index (χ1n) is 7.04. The van der Waals surface area contributed by atoms with Gasteiger partial charge < -0.3 is 15.1 Å². The molecule has 0 bridgehead atoms. The molecule has 21 heavy (non-hydrogen) atoms. The van der Waals surface area contributed by atoms with Crippen LogP contribution in [0, 0.1) is 5.92 Å². The Balaban J connectivity index is 2.17. The smallest absolute Gasteiger partial charge is 0.325 e. The highest BCUT2D eigenvalue weighted by Crippen LogP contribution is 2.22. The number of hydrogen-bond acceptors (Lipinski definition) is 3. The Bertz CT molecular complexity index is 507. The number of nitrogens with zero attached hydrogens (tertiary/aromatic N) is 2. The monoisotopic (exact) mass is 292 g/mol. The number of aliphatic carboxylic acids is 1. The largest absolute Gasteiger partial charge is 0.508 e. The van der Waals surface area contributed by atoms with Crippen LogP contribution in [0.2, 0.25) is 0 Å². The SMILES string of the molecule is CC1CCN(C(=O)N(CC(=O)O)c2ccc(O)cc2)CC1. The minimum Gasteiger partial charge on any atom is -0.508 e. The summed E-state index contributed by atoms with van der Waals surface area (Å²) in [7, 11) is 0. The van der Waals surface area contributed by atoms with Crippen molar-refractivity contribution in [2.75, 3.05) is 24.5 Å². The molecule has 114 valence electrons. The van der Waals surface area contributed by atoms with Crippen molar-refractivity contribution < 1.29 is 19.8 Å². The molecule has 0 spiro atoms. The average molecular weight is 292 g/mol. The first-order valence-corrected chi connectivity index (χ1v) is 7.04. The first kappa shape index (κ1) is 15.2. The number of piperidine rings is 1. The Morgan fingerprint density at radius 3 is 2.33 bits per heavy atom. The van der Waals surface area contributed by atoms with Crippen LogP contribution in [-0.4, -0.2) is 46.7 Å². The zero-order chi connectivity index (χ0) is 15.4. The van der Waals surface area contributed by atoms with Gasteiger partial charge in [0.05, 0.1) is 0 Å². The Morgan fingerprint density at radius 2 is 1.81 bits per heavy atom. The van der Waals surface area contributed by atoms with Gasteiger partial charge in [0.2, 0.25) is 0 Å². The number of urea groups is 1. The second kappa shape index (κ2) is 6.47. The first-order chi connectivity index (χ1) is 9.97. The zero-order valence-corrected chi connectivity index (χ0v) is 12.0. The van der Waals surface area contributed by atoms with E-state index in [1.54, 1.807) is 17.0 Å². The highest BCUT2D eigenvalue weighted by atomic mass is 16.4. The Kier molecular flexibility index (Phi) is 4.67. The molecule has 2 rings (SSSR count). The van der Waals surface area contributed by atoms with Gasteiger partial charge in [-0.1, -0.05) is 6.92 Å². The van der Waals surface area contributed by atoms with Crippen molar-refractivity contribution in [3.63, 3.8) is 0 Å². The molecule has 1 heterocycles. The van der Waals surface area contributed by atoms with E-state index in [4.69, 9.17) is 5.11 Å². The molecule has 0 atom stereocenters. The lowest BCUT2D eigenvalue weighted by Crippen LogP contribution is -2.48. The molecule has 0 saturated carbocycles. The molecule has 1 aromatic rings. The molecule has 1 fully saturated rings. The summed E-state index contributed by atoms with van der Waals surface area (Å²) in [4.78, 5) is 26.5. The lowest BCUT2D eigenvalue weighted by atomic mass is 9.99. The second-order valence-electron chi connectivity index (χ2n) is 5.45. The molecule has 1 aliphatic rings. The average Bonchev–Trinajstić information content (AvgIpc) is 2.46. The molecule has 2 N–H and O–H groups in total. The minimum absolute atomic E-state index is 0.0771. The standard InChI is InChI=1S/C15H20N2O4/c1-11-6-8-16(9-7-11)15(21)17(10-14(19)20)12-2-4-13(18)5-3-12/h2-5,11,18H,6-10H2,1H3,(H,19,20). The van der Waals surface area contributed by atoms with Crippen molar-refractivity contribution in [3.8, 4) is 5.75 Å². The van der Waals surface area contributed by atoms with Gasteiger partial charge in [-0.15, -0.1) is 0 Å². The lowest BCUT2D eigenvalue weighted by molar-refractivity contribution is -0.135. The van der Waals surface area contributed by atoms with E-state index >= 15 is 0 Å². The number of carbonyl (C=O) groups is 2. The van der Waals surface area contributed by atoms with Gasteiger partial charge in [-0.25, -0.2) is 4.79 Å². The molecule has 6 heteroatoms.